The van der Waals surface area contributed by atoms with Gasteiger partial charge in [0.15, 0.2) is 0 Å². The van der Waals surface area contributed by atoms with Gasteiger partial charge in [-0.15, -0.1) is 0 Å². The smallest absolute Gasteiger partial charge is 0.136 e. The standard InChI is InChI=1S/C14H19N3/c1-3-17(4-2)14-13-8-6-5-7-12(13)11(9-15)10-16-14/h5-8,10H,3-4,9,15H2,1-2H3. The van der Waals surface area contributed by atoms with Crippen LogP contribution < -0.4 is 10.6 Å². The average Bonchev–Trinajstić information content (AvgIpc) is 2.40. The average molecular weight is 229 g/mol. The summed E-state index contributed by atoms with van der Waals surface area (Å²) in [4.78, 5) is 6.83. The van der Waals surface area contributed by atoms with Crippen LogP contribution in [-0.2, 0) is 6.54 Å². The first-order valence-corrected chi connectivity index (χ1v) is 6.13. The van der Waals surface area contributed by atoms with Gasteiger partial charge in [-0.05, 0) is 24.8 Å². The number of fused-ring (bicyclic) bond motifs is 1. The highest BCUT2D eigenvalue weighted by Gasteiger charge is 2.10. The molecule has 0 saturated carbocycles. The predicted molar refractivity (Wildman–Crippen MR) is 73.2 cm³/mol. The second-order valence-corrected chi connectivity index (χ2v) is 4.03. The Morgan fingerprint density at radius 2 is 1.76 bits per heavy atom. The summed E-state index contributed by atoms with van der Waals surface area (Å²) in [5.41, 5.74) is 6.86. The summed E-state index contributed by atoms with van der Waals surface area (Å²) in [5.74, 6) is 1.06. The van der Waals surface area contributed by atoms with Crippen LogP contribution in [0.25, 0.3) is 10.8 Å². The van der Waals surface area contributed by atoms with Crippen LogP contribution in [0.1, 0.15) is 19.4 Å². The van der Waals surface area contributed by atoms with E-state index in [4.69, 9.17) is 5.73 Å². The van der Waals surface area contributed by atoms with Crippen molar-refractivity contribution in [1.82, 2.24) is 4.98 Å². The zero-order valence-electron chi connectivity index (χ0n) is 10.5. The van der Waals surface area contributed by atoms with Crippen LogP contribution in [0.15, 0.2) is 30.5 Å². The summed E-state index contributed by atoms with van der Waals surface area (Å²) in [6.45, 7) is 6.77. The van der Waals surface area contributed by atoms with Crippen LogP contribution >= 0.6 is 0 Å². The molecule has 1 aromatic heterocycles. The van der Waals surface area contributed by atoms with E-state index in [1.165, 1.54) is 10.8 Å². The molecule has 17 heavy (non-hydrogen) atoms. The minimum Gasteiger partial charge on any atom is -0.357 e. The molecule has 2 aromatic rings. The summed E-state index contributed by atoms with van der Waals surface area (Å²) in [6.07, 6.45) is 1.90. The molecular formula is C14H19N3. The SMILES string of the molecule is CCN(CC)c1ncc(CN)c2ccccc12. The lowest BCUT2D eigenvalue weighted by Crippen LogP contribution is -2.23. The van der Waals surface area contributed by atoms with Gasteiger partial charge in [0.2, 0.25) is 0 Å². The Bertz CT molecular complexity index is 504. The van der Waals surface area contributed by atoms with Crippen molar-refractivity contribution in [3.63, 3.8) is 0 Å². The molecule has 0 radical (unpaired) electrons. The highest BCUT2D eigenvalue weighted by atomic mass is 15.2. The minimum absolute atomic E-state index is 0.534. The molecule has 0 aliphatic carbocycles. The monoisotopic (exact) mass is 229 g/mol. The van der Waals surface area contributed by atoms with Crippen LogP contribution in [0.3, 0.4) is 0 Å². The normalized spacial score (nSPS) is 10.8. The maximum absolute atomic E-state index is 5.75. The van der Waals surface area contributed by atoms with Gasteiger partial charge in [0.25, 0.3) is 0 Å². The molecule has 0 unspecified atom stereocenters. The number of nitrogens with two attached hydrogens (primary N) is 1. The molecule has 3 nitrogen and oxygen atoms in total. The van der Waals surface area contributed by atoms with Crippen molar-refractivity contribution in [3.8, 4) is 0 Å². The lowest BCUT2D eigenvalue weighted by Gasteiger charge is -2.22. The number of pyridine rings is 1. The summed E-state index contributed by atoms with van der Waals surface area (Å²) < 4.78 is 0. The quantitative estimate of drug-likeness (QED) is 0.876. The largest absolute Gasteiger partial charge is 0.357 e. The molecule has 1 heterocycles. The van der Waals surface area contributed by atoms with E-state index in [1.807, 2.05) is 12.3 Å². The zero-order valence-corrected chi connectivity index (χ0v) is 10.5. The van der Waals surface area contributed by atoms with Gasteiger partial charge in [0, 0.05) is 31.2 Å². The van der Waals surface area contributed by atoms with E-state index in [9.17, 15) is 0 Å². The minimum atomic E-state index is 0.534. The molecule has 0 amide bonds. The van der Waals surface area contributed by atoms with E-state index < -0.39 is 0 Å². The molecular weight excluding hydrogens is 210 g/mol. The maximum Gasteiger partial charge on any atom is 0.136 e. The molecule has 0 aliphatic rings. The summed E-state index contributed by atoms with van der Waals surface area (Å²) in [5, 5.41) is 2.41. The van der Waals surface area contributed by atoms with Crippen molar-refractivity contribution in [1.29, 1.82) is 0 Å². The van der Waals surface area contributed by atoms with Gasteiger partial charge in [-0.3, -0.25) is 0 Å². The lowest BCUT2D eigenvalue weighted by atomic mass is 10.1. The van der Waals surface area contributed by atoms with Gasteiger partial charge in [-0.1, -0.05) is 24.3 Å². The fourth-order valence-corrected chi connectivity index (χ4v) is 2.17. The molecule has 3 heteroatoms. The highest BCUT2D eigenvalue weighted by molar-refractivity contribution is 5.94. The molecule has 2 rings (SSSR count). The van der Waals surface area contributed by atoms with Crippen molar-refractivity contribution >= 4 is 16.6 Å². The predicted octanol–water partition coefficient (Wildman–Crippen LogP) is 2.54. The molecule has 0 bridgehead atoms. The summed E-state index contributed by atoms with van der Waals surface area (Å²) in [6, 6.07) is 8.34. The lowest BCUT2D eigenvalue weighted by molar-refractivity contribution is 0.850. The highest BCUT2D eigenvalue weighted by Crippen LogP contribution is 2.26. The van der Waals surface area contributed by atoms with Crippen molar-refractivity contribution in [2.45, 2.75) is 20.4 Å². The topological polar surface area (TPSA) is 42.2 Å². The fourth-order valence-electron chi connectivity index (χ4n) is 2.17. The Hall–Kier alpha value is -1.61. The Kier molecular flexibility index (Phi) is 3.59. The van der Waals surface area contributed by atoms with E-state index in [-0.39, 0.29) is 0 Å². The van der Waals surface area contributed by atoms with Crippen LogP contribution in [0.2, 0.25) is 0 Å². The third-order valence-electron chi connectivity index (χ3n) is 3.14. The molecule has 2 N–H and O–H groups in total. The van der Waals surface area contributed by atoms with Gasteiger partial charge in [0.1, 0.15) is 5.82 Å². The molecule has 0 fully saturated rings. The molecule has 90 valence electrons. The Morgan fingerprint density at radius 3 is 2.35 bits per heavy atom. The van der Waals surface area contributed by atoms with Crippen molar-refractivity contribution in [2.75, 3.05) is 18.0 Å². The van der Waals surface area contributed by atoms with Crippen LogP contribution in [0.5, 0.6) is 0 Å². The van der Waals surface area contributed by atoms with Crippen molar-refractivity contribution in [3.05, 3.63) is 36.0 Å². The van der Waals surface area contributed by atoms with E-state index in [0.717, 1.165) is 24.5 Å². The van der Waals surface area contributed by atoms with Gasteiger partial charge in [0.05, 0.1) is 0 Å². The maximum atomic E-state index is 5.75. The molecule has 0 spiro atoms. The molecule has 0 aliphatic heterocycles. The molecule has 0 atom stereocenters. The van der Waals surface area contributed by atoms with E-state index in [1.54, 1.807) is 0 Å². The van der Waals surface area contributed by atoms with Crippen molar-refractivity contribution in [2.24, 2.45) is 5.73 Å². The first-order valence-electron chi connectivity index (χ1n) is 6.13. The molecule has 0 saturated heterocycles. The Balaban J connectivity index is 2.66. The number of hydrogen-bond acceptors (Lipinski definition) is 3. The van der Waals surface area contributed by atoms with E-state index in [2.05, 4.69) is 41.9 Å². The first kappa shape index (κ1) is 11.9. The van der Waals surface area contributed by atoms with Crippen LogP contribution in [-0.4, -0.2) is 18.1 Å². The number of hydrogen-bond donors (Lipinski definition) is 1. The Morgan fingerprint density at radius 1 is 1.12 bits per heavy atom. The number of benzene rings is 1. The van der Waals surface area contributed by atoms with E-state index in [0.29, 0.717) is 6.54 Å². The fraction of sp³-hybridized carbons (Fsp3) is 0.357. The second kappa shape index (κ2) is 5.15. The summed E-state index contributed by atoms with van der Waals surface area (Å²) >= 11 is 0. The first-order chi connectivity index (χ1) is 8.31. The Labute approximate surface area is 102 Å². The van der Waals surface area contributed by atoms with Gasteiger partial charge < -0.3 is 10.6 Å². The zero-order chi connectivity index (χ0) is 12.3. The van der Waals surface area contributed by atoms with Gasteiger partial charge in [-0.25, -0.2) is 4.98 Å². The van der Waals surface area contributed by atoms with Crippen LogP contribution in [0, 0.1) is 0 Å². The van der Waals surface area contributed by atoms with Crippen molar-refractivity contribution < 1.29 is 0 Å². The van der Waals surface area contributed by atoms with Gasteiger partial charge in [-0.2, -0.15) is 0 Å². The third kappa shape index (κ3) is 2.11. The number of anilines is 1. The van der Waals surface area contributed by atoms with Crippen LogP contribution in [0.4, 0.5) is 5.82 Å². The van der Waals surface area contributed by atoms with Gasteiger partial charge >= 0.3 is 0 Å². The number of rotatable bonds is 4. The number of nitrogens with zero attached hydrogens (tertiary/aromatic N) is 2. The molecule has 1 aromatic carbocycles. The second-order valence-electron chi connectivity index (χ2n) is 4.03. The third-order valence-corrected chi connectivity index (χ3v) is 3.14. The van der Waals surface area contributed by atoms with E-state index >= 15 is 0 Å². The summed E-state index contributed by atoms with van der Waals surface area (Å²) in [7, 11) is 0. The number of aromatic nitrogens is 1.